The Kier molecular flexibility index (Phi) is 7.97. The lowest BCUT2D eigenvalue weighted by Crippen LogP contribution is -2.32. The number of halogens is 1. The van der Waals surface area contributed by atoms with Gasteiger partial charge < -0.3 is 15.0 Å². The minimum atomic E-state index is -0.136. The molecule has 0 spiro atoms. The maximum atomic E-state index is 13.9. The number of ether oxygens (including phenoxy) is 1. The SMILES string of the molecule is CCN(CC)CCn1c(=O)c(-c2ccc(-c3cncc(C)n3)cc2Cl)cc2cnc(N[C@@H]3CCOC3)nc21. The van der Waals surface area contributed by atoms with Crippen molar-refractivity contribution < 1.29 is 4.74 Å². The van der Waals surface area contributed by atoms with Gasteiger partial charge in [0.15, 0.2) is 0 Å². The van der Waals surface area contributed by atoms with Gasteiger partial charge in [-0.15, -0.1) is 0 Å². The highest BCUT2D eigenvalue weighted by Crippen LogP contribution is 2.31. The Morgan fingerprint density at radius 2 is 1.97 bits per heavy atom. The number of rotatable bonds is 9. The van der Waals surface area contributed by atoms with Crippen LogP contribution in [0.3, 0.4) is 0 Å². The third-order valence-electron chi connectivity index (χ3n) is 6.93. The highest BCUT2D eigenvalue weighted by Gasteiger charge is 2.19. The van der Waals surface area contributed by atoms with E-state index in [0.29, 0.717) is 40.9 Å². The minimum Gasteiger partial charge on any atom is -0.379 e. The van der Waals surface area contributed by atoms with Crippen LogP contribution in [-0.2, 0) is 11.3 Å². The molecule has 1 aromatic carbocycles. The van der Waals surface area contributed by atoms with Gasteiger partial charge in [0, 0.05) is 59.2 Å². The van der Waals surface area contributed by atoms with Crippen molar-refractivity contribution in [1.82, 2.24) is 29.4 Å². The third kappa shape index (κ3) is 5.55. The van der Waals surface area contributed by atoms with Crippen LogP contribution in [-0.4, -0.2) is 68.3 Å². The minimum absolute atomic E-state index is 0.136. The van der Waals surface area contributed by atoms with E-state index in [1.807, 2.05) is 31.2 Å². The van der Waals surface area contributed by atoms with Crippen molar-refractivity contribution in [3.63, 3.8) is 0 Å². The molecule has 0 unspecified atom stereocenters. The monoisotopic (exact) mass is 533 g/mol. The van der Waals surface area contributed by atoms with E-state index in [1.54, 1.807) is 23.2 Å². The number of benzene rings is 1. The number of aryl methyl sites for hydroxylation is 1. The Labute approximate surface area is 226 Å². The molecule has 9 nitrogen and oxygen atoms in total. The van der Waals surface area contributed by atoms with Crippen LogP contribution >= 0.6 is 11.6 Å². The van der Waals surface area contributed by atoms with Crippen LogP contribution in [0.25, 0.3) is 33.4 Å². The molecule has 0 aliphatic carbocycles. The third-order valence-corrected chi connectivity index (χ3v) is 7.25. The van der Waals surface area contributed by atoms with E-state index in [2.05, 4.69) is 39.0 Å². The van der Waals surface area contributed by atoms with Crippen molar-refractivity contribution >= 4 is 28.6 Å². The average Bonchev–Trinajstić information content (AvgIpc) is 3.43. The number of hydrogen-bond donors (Lipinski definition) is 1. The lowest BCUT2D eigenvalue weighted by atomic mass is 10.0. The van der Waals surface area contributed by atoms with Gasteiger partial charge in [0.05, 0.1) is 30.2 Å². The standard InChI is InChI=1S/C28H32ClN7O2/c1-4-35(5-2)9-10-36-26-20(15-31-28(34-26)33-21-8-11-38-17-21)12-23(27(36)37)22-7-6-19(13-24(22)29)25-16-30-14-18(3)32-25/h6-7,12-16,21H,4-5,8-11,17H2,1-3H3,(H,31,33,34)/t21-/m1/s1. The Balaban J connectivity index is 1.58. The van der Waals surface area contributed by atoms with Crippen LogP contribution in [0.15, 0.2) is 47.7 Å². The van der Waals surface area contributed by atoms with Crippen molar-refractivity contribution in [2.24, 2.45) is 0 Å². The van der Waals surface area contributed by atoms with Crippen LogP contribution in [0.1, 0.15) is 26.0 Å². The van der Waals surface area contributed by atoms with Gasteiger partial charge in [0.2, 0.25) is 5.95 Å². The van der Waals surface area contributed by atoms with Gasteiger partial charge in [-0.1, -0.05) is 37.6 Å². The first-order chi connectivity index (χ1) is 18.5. The van der Waals surface area contributed by atoms with E-state index in [1.165, 1.54) is 0 Å². The summed E-state index contributed by atoms with van der Waals surface area (Å²) in [4.78, 5) is 34.3. The van der Waals surface area contributed by atoms with Crippen LogP contribution in [0.5, 0.6) is 0 Å². The van der Waals surface area contributed by atoms with Crippen molar-refractivity contribution in [2.45, 2.75) is 39.8 Å². The van der Waals surface area contributed by atoms with Gasteiger partial charge in [0.1, 0.15) is 5.65 Å². The van der Waals surface area contributed by atoms with Crippen molar-refractivity contribution in [1.29, 1.82) is 0 Å². The molecular formula is C28H32ClN7O2. The number of nitrogens with zero attached hydrogens (tertiary/aromatic N) is 6. The number of likely N-dealkylation sites (N-methyl/N-ethyl adjacent to an activating group) is 1. The number of aromatic nitrogens is 5. The van der Waals surface area contributed by atoms with Gasteiger partial charge in [-0.3, -0.25) is 14.3 Å². The average molecular weight is 534 g/mol. The summed E-state index contributed by atoms with van der Waals surface area (Å²) in [5.41, 5.74) is 4.03. The molecular weight excluding hydrogens is 502 g/mol. The Bertz CT molecular complexity index is 1500. The topological polar surface area (TPSA) is 98.1 Å². The van der Waals surface area contributed by atoms with E-state index in [9.17, 15) is 4.79 Å². The molecule has 1 aliphatic heterocycles. The summed E-state index contributed by atoms with van der Waals surface area (Å²) in [6, 6.07) is 7.62. The largest absolute Gasteiger partial charge is 0.379 e. The zero-order valence-corrected chi connectivity index (χ0v) is 22.7. The predicted octanol–water partition coefficient (Wildman–Crippen LogP) is 4.42. The molecule has 0 amide bonds. The zero-order valence-electron chi connectivity index (χ0n) is 21.9. The molecule has 5 rings (SSSR count). The Hall–Kier alpha value is -3.40. The second-order valence-corrected chi connectivity index (χ2v) is 9.87. The molecule has 0 saturated carbocycles. The highest BCUT2D eigenvalue weighted by atomic mass is 35.5. The molecule has 1 atom stereocenters. The molecule has 1 fully saturated rings. The first kappa shape index (κ1) is 26.2. The van der Waals surface area contributed by atoms with Gasteiger partial charge >= 0.3 is 0 Å². The lowest BCUT2D eigenvalue weighted by Gasteiger charge is -2.20. The van der Waals surface area contributed by atoms with E-state index in [0.717, 1.165) is 55.0 Å². The molecule has 1 aliphatic rings. The Morgan fingerprint density at radius 1 is 1.13 bits per heavy atom. The fourth-order valence-corrected chi connectivity index (χ4v) is 5.02. The number of hydrogen-bond acceptors (Lipinski definition) is 8. The maximum Gasteiger partial charge on any atom is 0.260 e. The smallest absolute Gasteiger partial charge is 0.260 e. The Morgan fingerprint density at radius 3 is 2.68 bits per heavy atom. The molecule has 1 N–H and O–H groups in total. The quantitative estimate of drug-likeness (QED) is 0.337. The van der Waals surface area contributed by atoms with Crippen LogP contribution in [0.4, 0.5) is 5.95 Å². The molecule has 1 saturated heterocycles. The summed E-state index contributed by atoms with van der Waals surface area (Å²) >= 11 is 6.76. The number of anilines is 1. The van der Waals surface area contributed by atoms with Gasteiger partial charge in [-0.2, -0.15) is 4.98 Å². The van der Waals surface area contributed by atoms with E-state index in [-0.39, 0.29) is 11.6 Å². The molecule has 3 aromatic heterocycles. The summed E-state index contributed by atoms with van der Waals surface area (Å²) in [5, 5.41) is 4.59. The maximum absolute atomic E-state index is 13.9. The number of fused-ring (bicyclic) bond motifs is 1. The molecule has 0 bridgehead atoms. The predicted molar refractivity (Wildman–Crippen MR) is 151 cm³/mol. The van der Waals surface area contributed by atoms with Crippen LogP contribution < -0.4 is 10.9 Å². The second-order valence-electron chi connectivity index (χ2n) is 9.46. The highest BCUT2D eigenvalue weighted by molar-refractivity contribution is 6.33. The summed E-state index contributed by atoms with van der Waals surface area (Å²) < 4.78 is 7.22. The number of pyridine rings is 1. The summed E-state index contributed by atoms with van der Waals surface area (Å²) in [6.45, 7) is 10.5. The van der Waals surface area contributed by atoms with Crippen LogP contribution in [0.2, 0.25) is 5.02 Å². The first-order valence-electron chi connectivity index (χ1n) is 13.0. The van der Waals surface area contributed by atoms with Gasteiger partial charge in [-0.25, -0.2) is 9.97 Å². The number of nitrogens with one attached hydrogen (secondary N) is 1. The molecule has 10 heteroatoms. The van der Waals surface area contributed by atoms with Crippen LogP contribution in [0, 0.1) is 6.92 Å². The fraction of sp³-hybridized carbons (Fsp3) is 0.393. The zero-order chi connectivity index (χ0) is 26.6. The van der Waals surface area contributed by atoms with Crippen molar-refractivity contribution in [2.75, 3.05) is 38.2 Å². The summed E-state index contributed by atoms with van der Waals surface area (Å²) in [7, 11) is 0. The first-order valence-corrected chi connectivity index (χ1v) is 13.4. The van der Waals surface area contributed by atoms with Crippen molar-refractivity contribution in [3.8, 4) is 22.4 Å². The molecule has 0 radical (unpaired) electrons. The van der Waals surface area contributed by atoms with Gasteiger partial charge in [-0.05, 0) is 38.6 Å². The molecule has 198 valence electrons. The van der Waals surface area contributed by atoms with E-state index >= 15 is 0 Å². The summed E-state index contributed by atoms with van der Waals surface area (Å²) in [6.07, 6.45) is 6.08. The van der Waals surface area contributed by atoms with Gasteiger partial charge in [0.25, 0.3) is 5.56 Å². The lowest BCUT2D eigenvalue weighted by molar-refractivity contribution is 0.195. The van der Waals surface area contributed by atoms with Crippen molar-refractivity contribution in [3.05, 3.63) is 63.9 Å². The normalized spacial score (nSPS) is 15.4. The second kappa shape index (κ2) is 11.6. The fourth-order valence-electron chi connectivity index (χ4n) is 4.74. The molecule has 4 heterocycles. The molecule has 38 heavy (non-hydrogen) atoms. The summed E-state index contributed by atoms with van der Waals surface area (Å²) in [5.74, 6) is 0.499. The van der Waals surface area contributed by atoms with E-state index < -0.39 is 0 Å². The molecule has 4 aromatic rings. The van der Waals surface area contributed by atoms with E-state index in [4.69, 9.17) is 21.3 Å².